The van der Waals surface area contributed by atoms with E-state index in [9.17, 15) is 9.59 Å². The normalized spacial score (nSPS) is 10.5. The lowest BCUT2D eigenvalue weighted by molar-refractivity contribution is 0.0524. The number of aromatic nitrogens is 3. The zero-order valence-corrected chi connectivity index (χ0v) is 17.8. The van der Waals surface area contributed by atoms with Gasteiger partial charge in [-0.1, -0.05) is 12.1 Å². The first-order chi connectivity index (χ1) is 15.0. The van der Waals surface area contributed by atoms with E-state index in [0.717, 1.165) is 5.56 Å². The number of para-hydroxylation sites is 1. The summed E-state index contributed by atoms with van der Waals surface area (Å²) in [4.78, 5) is 28.9. The molecule has 9 nitrogen and oxygen atoms in total. The van der Waals surface area contributed by atoms with Gasteiger partial charge in [-0.3, -0.25) is 4.79 Å². The van der Waals surface area contributed by atoms with Crippen molar-refractivity contribution in [3.8, 4) is 11.5 Å². The van der Waals surface area contributed by atoms with Crippen LogP contribution in [-0.4, -0.2) is 47.5 Å². The molecule has 0 aliphatic heterocycles. The SMILES string of the molecule is CCOC(=O)c1ccc(C(=O)Nc2ccnn2Cc2cccc(OC)c2OC)nc1C. The molecule has 0 unspecified atom stereocenters. The number of nitrogens with one attached hydrogen (secondary N) is 1. The van der Waals surface area contributed by atoms with E-state index in [0.29, 0.717) is 35.1 Å². The third-order valence-corrected chi connectivity index (χ3v) is 4.58. The lowest BCUT2D eigenvalue weighted by Crippen LogP contribution is -2.19. The van der Waals surface area contributed by atoms with Crippen LogP contribution in [0.4, 0.5) is 5.82 Å². The molecule has 3 aromatic rings. The van der Waals surface area contributed by atoms with Crippen molar-refractivity contribution in [1.29, 1.82) is 0 Å². The smallest absolute Gasteiger partial charge is 0.339 e. The Balaban J connectivity index is 1.79. The molecule has 1 amide bonds. The van der Waals surface area contributed by atoms with Gasteiger partial charge in [-0.25, -0.2) is 14.5 Å². The minimum absolute atomic E-state index is 0.178. The Hall–Kier alpha value is -3.88. The summed E-state index contributed by atoms with van der Waals surface area (Å²) < 4.78 is 17.4. The summed E-state index contributed by atoms with van der Waals surface area (Å²) in [5.41, 5.74) is 1.76. The lowest BCUT2D eigenvalue weighted by Gasteiger charge is -2.14. The highest BCUT2D eigenvalue weighted by molar-refractivity contribution is 6.03. The van der Waals surface area contributed by atoms with Crippen molar-refractivity contribution < 1.29 is 23.8 Å². The van der Waals surface area contributed by atoms with Crippen LogP contribution < -0.4 is 14.8 Å². The van der Waals surface area contributed by atoms with Gasteiger partial charge < -0.3 is 19.5 Å². The van der Waals surface area contributed by atoms with Gasteiger partial charge in [0.05, 0.1) is 44.8 Å². The maximum Gasteiger partial charge on any atom is 0.339 e. The van der Waals surface area contributed by atoms with Gasteiger partial charge in [0.15, 0.2) is 11.5 Å². The molecular formula is C22H24N4O5. The standard InChI is InChI=1S/C22H24N4O5/c1-5-31-22(28)16-9-10-17(24-14(16)2)21(27)25-19-11-12-23-26(19)13-15-7-6-8-18(29-3)20(15)30-4/h6-12H,5,13H2,1-4H3,(H,25,27). The summed E-state index contributed by atoms with van der Waals surface area (Å²) >= 11 is 0. The van der Waals surface area contributed by atoms with E-state index in [1.165, 1.54) is 12.1 Å². The monoisotopic (exact) mass is 424 g/mol. The zero-order valence-electron chi connectivity index (χ0n) is 17.8. The Morgan fingerprint density at radius 3 is 2.58 bits per heavy atom. The average Bonchev–Trinajstić information content (AvgIpc) is 3.19. The molecule has 0 atom stereocenters. The number of carbonyl (C=O) groups is 2. The van der Waals surface area contributed by atoms with E-state index < -0.39 is 11.9 Å². The number of ether oxygens (including phenoxy) is 3. The van der Waals surface area contributed by atoms with Crippen LogP contribution in [0, 0.1) is 6.92 Å². The third kappa shape index (κ3) is 4.82. The molecule has 1 aromatic carbocycles. The van der Waals surface area contributed by atoms with Gasteiger partial charge in [0, 0.05) is 11.6 Å². The number of nitrogens with zero attached hydrogens (tertiary/aromatic N) is 3. The third-order valence-electron chi connectivity index (χ3n) is 4.58. The molecule has 0 saturated carbocycles. The molecular weight excluding hydrogens is 400 g/mol. The second kappa shape index (κ2) is 9.75. The Morgan fingerprint density at radius 2 is 1.90 bits per heavy atom. The van der Waals surface area contributed by atoms with E-state index in [1.54, 1.807) is 45.0 Å². The summed E-state index contributed by atoms with van der Waals surface area (Å²) in [6.45, 7) is 4.01. The van der Waals surface area contributed by atoms with Crippen LogP contribution in [0.25, 0.3) is 0 Å². The molecule has 9 heteroatoms. The second-order valence-electron chi connectivity index (χ2n) is 6.53. The van der Waals surface area contributed by atoms with Gasteiger partial charge in [0.1, 0.15) is 11.5 Å². The molecule has 0 saturated heterocycles. The van der Waals surface area contributed by atoms with Crippen LogP contribution in [0.15, 0.2) is 42.6 Å². The molecule has 0 aliphatic rings. The fraction of sp³-hybridized carbons (Fsp3) is 0.273. The minimum Gasteiger partial charge on any atom is -0.493 e. The van der Waals surface area contributed by atoms with E-state index in [1.807, 2.05) is 18.2 Å². The summed E-state index contributed by atoms with van der Waals surface area (Å²) in [5.74, 6) is 0.815. The molecule has 2 aromatic heterocycles. The number of rotatable bonds is 8. The summed E-state index contributed by atoms with van der Waals surface area (Å²) in [6.07, 6.45) is 1.59. The van der Waals surface area contributed by atoms with Crippen LogP contribution in [0.3, 0.4) is 0 Å². The fourth-order valence-corrected chi connectivity index (χ4v) is 3.10. The number of carbonyl (C=O) groups excluding carboxylic acids is 2. The predicted molar refractivity (Wildman–Crippen MR) is 114 cm³/mol. The molecule has 0 bridgehead atoms. The molecule has 31 heavy (non-hydrogen) atoms. The van der Waals surface area contributed by atoms with E-state index in [2.05, 4.69) is 15.4 Å². The van der Waals surface area contributed by atoms with Crippen molar-refractivity contribution in [2.24, 2.45) is 0 Å². The fourth-order valence-electron chi connectivity index (χ4n) is 3.10. The Kier molecular flexibility index (Phi) is 6.86. The summed E-state index contributed by atoms with van der Waals surface area (Å²) in [6, 6.07) is 10.3. The number of methoxy groups -OCH3 is 2. The highest BCUT2D eigenvalue weighted by Gasteiger charge is 2.17. The topological polar surface area (TPSA) is 105 Å². The minimum atomic E-state index is -0.468. The zero-order chi connectivity index (χ0) is 22.4. The molecule has 2 heterocycles. The van der Waals surface area contributed by atoms with Crippen molar-refractivity contribution in [1.82, 2.24) is 14.8 Å². The van der Waals surface area contributed by atoms with Crippen molar-refractivity contribution in [3.63, 3.8) is 0 Å². The molecule has 0 spiro atoms. The van der Waals surface area contributed by atoms with Crippen LogP contribution in [0.1, 0.15) is 39.0 Å². The van der Waals surface area contributed by atoms with Crippen molar-refractivity contribution in [3.05, 3.63) is 65.1 Å². The number of amides is 1. The Bertz CT molecular complexity index is 1090. The Labute approximate surface area is 180 Å². The number of esters is 1. The van der Waals surface area contributed by atoms with Gasteiger partial charge in [-0.05, 0) is 32.0 Å². The molecule has 0 aliphatic carbocycles. The number of hydrogen-bond donors (Lipinski definition) is 1. The second-order valence-corrected chi connectivity index (χ2v) is 6.53. The van der Waals surface area contributed by atoms with Crippen molar-refractivity contribution >= 4 is 17.7 Å². The van der Waals surface area contributed by atoms with E-state index in [4.69, 9.17) is 14.2 Å². The quantitative estimate of drug-likeness (QED) is 0.554. The molecule has 162 valence electrons. The number of benzene rings is 1. The number of aryl methyl sites for hydroxylation is 1. The van der Waals surface area contributed by atoms with Gasteiger partial charge in [0.2, 0.25) is 0 Å². The van der Waals surface area contributed by atoms with Crippen LogP contribution in [0.2, 0.25) is 0 Å². The molecule has 1 N–H and O–H groups in total. The first-order valence-electron chi connectivity index (χ1n) is 9.66. The van der Waals surface area contributed by atoms with Crippen LogP contribution in [0.5, 0.6) is 11.5 Å². The van der Waals surface area contributed by atoms with E-state index >= 15 is 0 Å². The van der Waals surface area contributed by atoms with E-state index in [-0.39, 0.29) is 12.3 Å². The van der Waals surface area contributed by atoms with Gasteiger partial charge in [0.25, 0.3) is 5.91 Å². The average molecular weight is 424 g/mol. The number of anilines is 1. The van der Waals surface area contributed by atoms with Gasteiger partial charge in [-0.15, -0.1) is 0 Å². The largest absolute Gasteiger partial charge is 0.493 e. The lowest BCUT2D eigenvalue weighted by atomic mass is 10.2. The predicted octanol–water partition coefficient (Wildman–Crippen LogP) is 3.08. The number of hydrogen-bond acceptors (Lipinski definition) is 7. The number of pyridine rings is 1. The Morgan fingerprint density at radius 1 is 1.10 bits per heavy atom. The summed E-state index contributed by atoms with van der Waals surface area (Å²) in [7, 11) is 3.14. The highest BCUT2D eigenvalue weighted by Crippen LogP contribution is 2.31. The van der Waals surface area contributed by atoms with Crippen LogP contribution in [-0.2, 0) is 11.3 Å². The highest BCUT2D eigenvalue weighted by atomic mass is 16.5. The van der Waals surface area contributed by atoms with Crippen molar-refractivity contribution in [2.45, 2.75) is 20.4 Å². The molecule has 0 fully saturated rings. The maximum atomic E-state index is 12.7. The summed E-state index contributed by atoms with van der Waals surface area (Å²) in [5, 5.41) is 7.09. The first-order valence-corrected chi connectivity index (χ1v) is 9.66. The molecule has 3 rings (SSSR count). The first kappa shape index (κ1) is 21.8. The molecule has 0 radical (unpaired) electrons. The maximum absolute atomic E-state index is 12.7. The van der Waals surface area contributed by atoms with Gasteiger partial charge in [-0.2, -0.15) is 5.10 Å². The van der Waals surface area contributed by atoms with Crippen molar-refractivity contribution in [2.75, 3.05) is 26.1 Å². The van der Waals surface area contributed by atoms with Gasteiger partial charge >= 0.3 is 5.97 Å². The van der Waals surface area contributed by atoms with Crippen LogP contribution >= 0.6 is 0 Å².